The average Bonchev–Trinajstić information content (AvgIpc) is 2.44. The fourth-order valence-corrected chi connectivity index (χ4v) is 2.09. The Morgan fingerprint density at radius 1 is 1.15 bits per heavy atom. The van der Waals surface area contributed by atoms with E-state index < -0.39 is 0 Å². The van der Waals surface area contributed by atoms with E-state index in [0.29, 0.717) is 18.7 Å². The zero-order chi connectivity index (χ0) is 14.4. The summed E-state index contributed by atoms with van der Waals surface area (Å²) < 4.78 is 19.2. The normalized spacial score (nSPS) is 12.2. The minimum atomic E-state index is -0.174. The molecule has 1 N–H and O–H groups in total. The van der Waals surface area contributed by atoms with Crippen molar-refractivity contribution < 1.29 is 9.13 Å². The largest absolute Gasteiger partial charge is 0.492 e. The van der Waals surface area contributed by atoms with Crippen LogP contribution in [-0.2, 0) is 0 Å². The highest BCUT2D eigenvalue weighted by Crippen LogP contribution is 2.16. The van der Waals surface area contributed by atoms with Crippen molar-refractivity contribution in [2.45, 2.75) is 19.9 Å². The topological polar surface area (TPSA) is 21.3 Å². The monoisotopic (exact) mass is 273 g/mol. The molecule has 0 bridgehead atoms. The maximum atomic E-state index is 13.6. The Hall–Kier alpha value is -1.87. The highest BCUT2D eigenvalue weighted by atomic mass is 19.1. The predicted molar refractivity (Wildman–Crippen MR) is 79.5 cm³/mol. The van der Waals surface area contributed by atoms with Crippen LogP contribution in [0, 0.1) is 12.7 Å². The highest BCUT2D eigenvalue weighted by molar-refractivity contribution is 5.27. The molecule has 2 aromatic carbocycles. The molecule has 0 aliphatic carbocycles. The van der Waals surface area contributed by atoms with Crippen LogP contribution in [0.5, 0.6) is 5.75 Å². The molecule has 2 rings (SSSR count). The second-order valence-corrected chi connectivity index (χ2v) is 4.86. The molecule has 0 amide bonds. The molecule has 0 aliphatic heterocycles. The number of rotatable bonds is 6. The summed E-state index contributed by atoms with van der Waals surface area (Å²) in [6.07, 6.45) is 0. The van der Waals surface area contributed by atoms with Crippen molar-refractivity contribution in [3.05, 3.63) is 65.5 Å². The van der Waals surface area contributed by atoms with Gasteiger partial charge < -0.3 is 10.1 Å². The van der Waals surface area contributed by atoms with Crippen molar-refractivity contribution >= 4 is 0 Å². The van der Waals surface area contributed by atoms with Gasteiger partial charge in [0.1, 0.15) is 18.2 Å². The molecule has 0 saturated carbocycles. The molecular formula is C17H20FNO. The number of hydrogen-bond donors (Lipinski definition) is 1. The molecule has 2 aromatic rings. The number of hydrogen-bond acceptors (Lipinski definition) is 2. The third-order valence-corrected chi connectivity index (χ3v) is 3.18. The van der Waals surface area contributed by atoms with Gasteiger partial charge in [0.05, 0.1) is 0 Å². The summed E-state index contributed by atoms with van der Waals surface area (Å²) in [6, 6.07) is 14.7. The molecule has 0 heterocycles. The Bertz CT molecular complexity index is 556. The lowest BCUT2D eigenvalue weighted by Crippen LogP contribution is -2.25. The molecule has 0 aromatic heterocycles. The van der Waals surface area contributed by atoms with Gasteiger partial charge in [-0.1, -0.05) is 30.3 Å². The quantitative estimate of drug-likeness (QED) is 0.807. The summed E-state index contributed by atoms with van der Waals surface area (Å²) in [4.78, 5) is 0. The standard InChI is InChI=1S/C17H20FNO/c1-13-6-5-7-15(12-13)20-11-10-19-14(2)16-8-3-4-9-17(16)18/h3-9,12,14,19H,10-11H2,1-2H3. The molecule has 1 unspecified atom stereocenters. The first-order valence-electron chi connectivity index (χ1n) is 6.84. The molecule has 0 saturated heterocycles. The van der Waals surface area contributed by atoms with E-state index in [9.17, 15) is 4.39 Å². The lowest BCUT2D eigenvalue weighted by molar-refractivity contribution is 0.306. The van der Waals surface area contributed by atoms with E-state index in [4.69, 9.17) is 4.74 Å². The van der Waals surface area contributed by atoms with E-state index in [1.807, 2.05) is 44.2 Å². The van der Waals surface area contributed by atoms with Crippen molar-refractivity contribution in [3.63, 3.8) is 0 Å². The maximum Gasteiger partial charge on any atom is 0.127 e. The first-order chi connectivity index (χ1) is 9.66. The van der Waals surface area contributed by atoms with E-state index in [-0.39, 0.29) is 11.9 Å². The Morgan fingerprint density at radius 2 is 1.95 bits per heavy atom. The molecule has 2 nitrogen and oxygen atoms in total. The van der Waals surface area contributed by atoms with Crippen LogP contribution in [0.15, 0.2) is 48.5 Å². The third-order valence-electron chi connectivity index (χ3n) is 3.18. The second kappa shape index (κ2) is 7.06. The van der Waals surface area contributed by atoms with Gasteiger partial charge in [0.25, 0.3) is 0 Å². The first-order valence-corrected chi connectivity index (χ1v) is 6.84. The van der Waals surface area contributed by atoms with E-state index in [1.54, 1.807) is 12.1 Å². The van der Waals surface area contributed by atoms with Gasteiger partial charge in [0.15, 0.2) is 0 Å². The molecular weight excluding hydrogens is 253 g/mol. The third kappa shape index (κ3) is 4.07. The zero-order valence-electron chi connectivity index (χ0n) is 11.9. The lowest BCUT2D eigenvalue weighted by atomic mass is 10.1. The Morgan fingerprint density at radius 3 is 2.70 bits per heavy atom. The van der Waals surface area contributed by atoms with Crippen LogP contribution in [0.25, 0.3) is 0 Å². The van der Waals surface area contributed by atoms with Gasteiger partial charge in [-0.3, -0.25) is 0 Å². The van der Waals surface area contributed by atoms with Gasteiger partial charge in [0, 0.05) is 18.2 Å². The smallest absolute Gasteiger partial charge is 0.127 e. The van der Waals surface area contributed by atoms with Gasteiger partial charge in [-0.2, -0.15) is 0 Å². The molecule has 106 valence electrons. The van der Waals surface area contributed by atoms with Gasteiger partial charge in [-0.05, 0) is 37.6 Å². The van der Waals surface area contributed by atoms with Crippen LogP contribution >= 0.6 is 0 Å². The second-order valence-electron chi connectivity index (χ2n) is 4.86. The summed E-state index contributed by atoms with van der Waals surface area (Å²) in [5.41, 5.74) is 1.86. The molecule has 1 atom stereocenters. The van der Waals surface area contributed by atoms with Gasteiger partial charge in [-0.25, -0.2) is 4.39 Å². The fraction of sp³-hybridized carbons (Fsp3) is 0.294. The number of halogens is 1. The zero-order valence-corrected chi connectivity index (χ0v) is 11.9. The maximum absolute atomic E-state index is 13.6. The predicted octanol–water partition coefficient (Wildman–Crippen LogP) is 3.86. The fourth-order valence-electron chi connectivity index (χ4n) is 2.09. The molecule has 0 aliphatic rings. The Kier molecular flexibility index (Phi) is 5.13. The number of aryl methyl sites for hydroxylation is 1. The lowest BCUT2D eigenvalue weighted by Gasteiger charge is -2.15. The summed E-state index contributed by atoms with van der Waals surface area (Å²) in [7, 11) is 0. The molecule has 20 heavy (non-hydrogen) atoms. The minimum Gasteiger partial charge on any atom is -0.492 e. The number of ether oxygens (including phenoxy) is 1. The minimum absolute atomic E-state index is 0.0303. The summed E-state index contributed by atoms with van der Waals surface area (Å²) >= 11 is 0. The van der Waals surface area contributed by atoms with Crippen molar-refractivity contribution in [2.24, 2.45) is 0 Å². The molecule has 0 fully saturated rings. The van der Waals surface area contributed by atoms with E-state index in [1.165, 1.54) is 11.6 Å². The summed E-state index contributed by atoms with van der Waals surface area (Å²) in [5, 5.41) is 3.26. The average molecular weight is 273 g/mol. The van der Waals surface area contributed by atoms with Crippen LogP contribution in [0.2, 0.25) is 0 Å². The first kappa shape index (κ1) is 14.5. The molecule has 0 radical (unpaired) electrons. The van der Waals surface area contributed by atoms with E-state index >= 15 is 0 Å². The van der Waals surface area contributed by atoms with Crippen molar-refractivity contribution in [1.82, 2.24) is 5.32 Å². The Labute approximate surface area is 119 Å². The number of benzene rings is 2. The summed E-state index contributed by atoms with van der Waals surface area (Å²) in [5.74, 6) is 0.692. The van der Waals surface area contributed by atoms with Gasteiger partial charge >= 0.3 is 0 Å². The van der Waals surface area contributed by atoms with Crippen LogP contribution in [0.1, 0.15) is 24.1 Å². The van der Waals surface area contributed by atoms with Crippen molar-refractivity contribution in [2.75, 3.05) is 13.2 Å². The van der Waals surface area contributed by atoms with Crippen LogP contribution in [0.3, 0.4) is 0 Å². The van der Waals surface area contributed by atoms with Gasteiger partial charge in [0.2, 0.25) is 0 Å². The Balaban J connectivity index is 1.77. The van der Waals surface area contributed by atoms with E-state index in [0.717, 1.165) is 5.75 Å². The summed E-state index contributed by atoms with van der Waals surface area (Å²) in [6.45, 7) is 5.21. The van der Waals surface area contributed by atoms with Crippen molar-refractivity contribution in [3.8, 4) is 5.75 Å². The van der Waals surface area contributed by atoms with E-state index in [2.05, 4.69) is 5.32 Å². The van der Waals surface area contributed by atoms with Crippen LogP contribution in [0.4, 0.5) is 4.39 Å². The molecule has 0 spiro atoms. The van der Waals surface area contributed by atoms with Gasteiger partial charge in [-0.15, -0.1) is 0 Å². The number of nitrogens with one attached hydrogen (secondary N) is 1. The van der Waals surface area contributed by atoms with Crippen LogP contribution < -0.4 is 10.1 Å². The highest BCUT2D eigenvalue weighted by Gasteiger charge is 2.08. The van der Waals surface area contributed by atoms with Crippen molar-refractivity contribution in [1.29, 1.82) is 0 Å². The SMILES string of the molecule is Cc1cccc(OCCNC(C)c2ccccc2F)c1. The van der Waals surface area contributed by atoms with Crippen LogP contribution in [-0.4, -0.2) is 13.2 Å². The molecule has 3 heteroatoms.